The van der Waals surface area contributed by atoms with Crippen LogP contribution in [-0.2, 0) is 0 Å². The van der Waals surface area contributed by atoms with Gasteiger partial charge in [0, 0.05) is 12.6 Å². The maximum absolute atomic E-state index is 10.0. The molecule has 2 N–H and O–H groups in total. The minimum atomic E-state index is -0.328. The summed E-state index contributed by atoms with van der Waals surface area (Å²) in [6.07, 6.45) is 5.24. The molecule has 0 bridgehead atoms. The van der Waals surface area contributed by atoms with Gasteiger partial charge in [-0.15, -0.1) is 0 Å². The van der Waals surface area contributed by atoms with Crippen molar-refractivity contribution in [3.05, 3.63) is 22.4 Å². The Bertz CT molecular complexity index is 318. The third-order valence-electron chi connectivity index (χ3n) is 3.73. The molecule has 1 aromatic heterocycles. The molecule has 0 aromatic carbocycles. The second-order valence-corrected chi connectivity index (χ2v) is 5.96. The summed E-state index contributed by atoms with van der Waals surface area (Å²) in [5, 5.41) is 17.7. The van der Waals surface area contributed by atoms with Crippen LogP contribution >= 0.6 is 11.3 Å². The van der Waals surface area contributed by atoms with Crippen molar-refractivity contribution < 1.29 is 5.11 Å². The first kappa shape index (κ1) is 10.8. The smallest absolute Gasteiger partial charge is 0.0922 e. The normalized spacial score (nSPS) is 22.6. The van der Waals surface area contributed by atoms with E-state index in [1.807, 2.05) is 16.8 Å². The first-order valence-electron chi connectivity index (χ1n) is 6.28. The van der Waals surface area contributed by atoms with Gasteiger partial charge in [-0.3, -0.25) is 0 Å². The lowest BCUT2D eigenvalue weighted by Crippen LogP contribution is -2.36. The van der Waals surface area contributed by atoms with Gasteiger partial charge >= 0.3 is 0 Å². The zero-order chi connectivity index (χ0) is 11.0. The predicted molar refractivity (Wildman–Crippen MR) is 66.5 cm³/mol. The van der Waals surface area contributed by atoms with Gasteiger partial charge in [-0.05, 0) is 59.9 Å². The summed E-state index contributed by atoms with van der Waals surface area (Å²) < 4.78 is 0. The van der Waals surface area contributed by atoms with Crippen LogP contribution in [0.2, 0.25) is 0 Å². The molecule has 0 radical (unpaired) electrons. The minimum Gasteiger partial charge on any atom is -0.387 e. The van der Waals surface area contributed by atoms with E-state index >= 15 is 0 Å². The van der Waals surface area contributed by atoms with E-state index < -0.39 is 0 Å². The Morgan fingerprint density at radius 3 is 2.50 bits per heavy atom. The highest BCUT2D eigenvalue weighted by molar-refractivity contribution is 7.07. The second kappa shape index (κ2) is 4.47. The van der Waals surface area contributed by atoms with Gasteiger partial charge in [0.25, 0.3) is 0 Å². The highest BCUT2D eigenvalue weighted by Gasteiger charge is 2.41. The summed E-state index contributed by atoms with van der Waals surface area (Å²) in [6, 6.07) is 2.70. The highest BCUT2D eigenvalue weighted by Crippen LogP contribution is 2.44. The van der Waals surface area contributed by atoms with Crippen molar-refractivity contribution in [1.82, 2.24) is 5.32 Å². The van der Waals surface area contributed by atoms with Crippen LogP contribution in [0.5, 0.6) is 0 Å². The molecule has 0 saturated heterocycles. The maximum Gasteiger partial charge on any atom is 0.0922 e. The van der Waals surface area contributed by atoms with Gasteiger partial charge < -0.3 is 10.4 Å². The topological polar surface area (TPSA) is 32.3 Å². The summed E-state index contributed by atoms with van der Waals surface area (Å²) in [6.45, 7) is 0.717. The molecule has 1 atom stereocenters. The van der Waals surface area contributed by atoms with Gasteiger partial charge in [-0.2, -0.15) is 11.3 Å². The summed E-state index contributed by atoms with van der Waals surface area (Å²) in [5.41, 5.74) is 1.06. The van der Waals surface area contributed by atoms with E-state index in [1.165, 1.54) is 25.7 Å². The molecule has 1 aromatic rings. The molecule has 1 heterocycles. The van der Waals surface area contributed by atoms with Crippen molar-refractivity contribution in [3.8, 4) is 0 Å². The van der Waals surface area contributed by atoms with Gasteiger partial charge in [0.15, 0.2) is 0 Å². The molecule has 88 valence electrons. The fourth-order valence-electron chi connectivity index (χ4n) is 2.46. The fraction of sp³-hybridized carbons (Fsp3) is 0.692. The lowest BCUT2D eigenvalue weighted by Gasteiger charge is -2.19. The van der Waals surface area contributed by atoms with Crippen molar-refractivity contribution in [3.63, 3.8) is 0 Å². The lowest BCUT2D eigenvalue weighted by atomic mass is 10.1. The molecule has 1 unspecified atom stereocenters. The van der Waals surface area contributed by atoms with E-state index in [-0.39, 0.29) is 6.10 Å². The molecule has 2 aliphatic carbocycles. The zero-order valence-electron chi connectivity index (χ0n) is 9.43. The molecule has 2 fully saturated rings. The molecule has 2 nitrogen and oxygen atoms in total. The Morgan fingerprint density at radius 2 is 2.00 bits per heavy atom. The highest BCUT2D eigenvalue weighted by atomic mass is 32.1. The van der Waals surface area contributed by atoms with Crippen molar-refractivity contribution >= 4 is 11.3 Å². The van der Waals surface area contributed by atoms with Crippen LogP contribution in [0.3, 0.4) is 0 Å². The summed E-state index contributed by atoms with van der Waals surface area (Å²) >= 11 is 1.65. The summed E-state index contributed by atoms with van der Waals surface area (Å²) in [4.78, 5) is 0. The number of rotatable bonds is 6. The number of hydrogen-bond acceptors (Lipinski definition) is 3. The largest absolute Gasteiger partial charge is 0.387 e. The predicted octanol–water partition coefficient (Wildman–Crippen LogP) is 2.56. The van der Waals surface area contributed by atoms with Crippen molar-refractivity contribution in [1.29, 1.82) is 0 Å². The van der Waals surface area contributed by atoms with Crippen LogP contribution < -0.4 is 5.32 Å². The average Bonchev–Trinajstić information content (AvgIpc) is 3.21. The molecule has 0 spiro atoms. The van der Waals surface area contributed by atoms with Crippen LogP contribution in [0.25, 0.3) is 0 Å². The van der Waals surface area contributed by atoms with Crippen LogP contribution in [-0.4, -0.2) is 17.7 Å². The van der Waals surface area contributed by atoms with Crippen molar-refractivity contribution in [2.45, 2.75) is 37.8 Å². The first-order valence-corrected chi connectivity index (χ1v) is 7.22. The molecule has 3 heteroatoms. The molecule has 0 aliphatic heterocycles. The Morgan fingerprint density at radius 1 is 1.31 bits per heavy atom. The summed E-state index contributed by atoms with van der Waals surface area (Å²) in [7, 11) is 0. The van der Waals surface area contributed by atoms with Crippen molar-refractivity contribution in [2.75, 3.05) is 6.54 Å². The Balaban J connectivity index is 1.51. The Kier molecular flexibility index (Phi) is 3.01. The maximum atomic E-state index is 10.0. The molecule has 2 saturated carbocycles. The standard InChI is InChI=1S/C13H19NOS/c15-12(11-5-6-16-8-11)7-14-13(9-1-2-9)10-3-4-10/h5-6,8-10,12-15H,1-4,7H2. The number of aliphatic hydroxyl groups excluding tert-OH is 1. The zero-order valence-corrected chi connectivity index (χ0v) is 10.2. The van der Waals surface area contributed by atoms with Gasteiger partial charge in [0.2, 0.25) is 0 Å². The second-order valence-electron chi connectivity index (χ2n) is 5.18. The molecule has 16 heavy (non-hydrogen) atoms. The third kappa shape index (κ3) is 2.47. The van der Waals surface area contributed by atoms with E-state index in [2.05, 4.69) is 5.32 Å². The van der Waals surface area contributed by atoms with Crippen LogP contribution in [0.1, 0.15) is 37.4 Å². The Labute approximate surface area is 101 Å². The van der Waals surface area contributed by atoms with Gasteiger partial charge in [0.05, 0.1) is 6.10 Å². The third-order valence-corrected chi connectivity index (χ3v) is 4.44. The van der Waals surface area contributed by atoms with Gasteiger partial charge in [0.1, 0.15) is 0 Å². The number of hydrogen-bond donors (Lipinski definition) is 2. The molecule has 3 rings (SSSR count). The first-order chi connectivity index (χ1) is 7.84. The Hall–Kier alpha value is -0.380. The molecular weight excluding hydrogens is 218 g/mol. The lowest BCUT2D eigenvalue weighted by molar-refractivity contribution is 0.166. The average molecular weight is 237 g/mol. The fourth-order valence-corrected chi connectivity index (χ4v) is 3.17. The number of aliphatic hydroxyl groups is 1. The van der Waals surface area contributed by atoms with E-state index in [9.17, 15) is 5.11 Å². The van der Waals surface area contributed by atoms with E-state index in [4.69, 9.17) is 0 Å². The quantitative estimate of drug-likeness (QED) is 0.797. The van der Waals surface area contributed by atoms with Gasteiger partial charge in [-0.1, -0.05) is 0 Å². The van der Waals surface area contributed by atoms with E-state index in [0.717, 1.165) is 17.4 Å². The number of thiophene rings is 1. The van der Waals surface area contributed by atoms with Crippen molar-refractivity contribution in [2.24, 2.45) is 11.8 Å². The molecule has 2 aliphatic rings. The van der Waals surface area contributed by atoms with E-state index in [0.29, 0.717) is 12.6 Å². The van der Waals surface area contributed by atoms with Crippen LogP contribution in [0, 0.1) is 11.8 Å². The van der Waals surface area contributed by atoms with Gasteiger partial charge in [-0.25, -0.2) is 0 Å². The van der Waals surface area contributed by atoms with Crippen LogP contribution in [0.4, 0.5) is 0 Å². The SMILES string of the molecule is OC(CNC(C1CC1)C1CC1)c1ccsc1. The monoisotopic (exact) mass is 237 g/mol. The minimum absolute atomic E-state index is 0.328. The number of nitrogens with one attached hydrogen (secondary N) is 1. The van der Waals surface area contributed by atoms with E-state index in [1.54, 1.807) is 11.3 Å². The molecule has 0 amide bonds. The summed E-state index contributed by atoms with van der Waals surface area (Å²) in [5.74, 6) is 1.81. The van der Waals surface area contributed by atoms with Crippen LogP contribution in [0.15, 0.2) is 16.8 Å². The molecular formula is C13H19NOS.